The summed E-state index contributed by atoms with van der Waals surface area (Å²) in [4.78, 5) is 12.3. The maximum absolute atomic E-state index is 13.0. The number of Topliss-reactive ketones (excluding diaryl/α,β-unsaturated/α-hetero) is 1. The highest BCUT2D eigenvalue weighted by atomic mass is 79.9. The number of rotatable bonds is 2. The number of nitrogens with zero attached hydrogens (tertiary/aromatic N) is 1. The van der Waals surface area contributed by atoms with E-state index in [1.807, 2.05) is 6.92 Å². The summed E-state index contributed by atoms with van der Waals surface area (Å²) < 4.78 is 27.4. The third kappa shape index (κ3) is 2.93. The summed E-state index contributed by atoms with van der Waals surface area (Å²) in [6.45, 7) is 2.17. The van der Waals surface area contributed by atoms with E-state index in [-0.39, 0.29) is 22.1 Å². The Morgan fingerprint density at radius 1 is 1.09 bits per heavy atom. The number of carbonyl (C=O) groups excluding carboxylic acids is 1. The molecule has 0 radical (unpaired) electrons. The summed E-state index contributed by atoms with van der Waals surface area (Å²) in [5.41, 5.74) is 1.87. The van der Waals surface area contributed by atoms with Crippen LogP contribution in [0.3, 0.4) is 0 Å². The van der Waals surface area contributed by atoms with Gasteiger partial charge in [-0.25, -0.2) is 8.42 Å². The van der Waals surface area contributed by atoms with E-state index in [1.165, 1.54) is 4.31 Å². The number of hydrogen-bond acceptors (Lipinski definition) is 3. The largest absolute Gasteiger partial charge is 0.293 e. The molecule has 2 aromatic carbocycles. The van der Waals surface area contributed by atoms with Crippen molar-refractivity contribution in [1.82, 2.24) is 0 Å². The molecule has 1 heterocycles. The Labute approximate surface area is 144 Å². The van der Waals surface area contributed by atoms with Crippen LogP contribution in [0.25, 0.3) is 0 Å². The van der Waals surface area contributed by atoms with Crippen LogP contribution >= 0.6 is 15.9 Å². The molecule has 0 spiro atoms. The first-order valence-electron chi connectivity index (χ1n) is 7.28. The number of alkyl halides is 1. The lowest BCUT2D eigenvalue weighted by Gasteiger charge is -2.24. The Morgan fingerprint density at radius 3 is 2.43 bits per heavy atom. The monoisotopic (exact) mass is 393 g/mol. The SMILES string of the molecule is Cc1ccc(S(=O)(=O)N2CC[C@H](Br)C(=O)c3ccccc32)cc1. The van der Waals surface area contributed by atoms with Gasteiger partial charge >= 0.3 is 0 Å². The van der Waals surface area contributed by atoms with Gasteiger partial charge in [0.2, 0.25) is 0 Å². The zero-order valence-corrected chi connectivity index (χ0v) is 15.0. The van der Waals surface area contributed by atoms with E-state index in [0.717, 1.165) is 5.56 Å². The van der Waals surface area contributed by atoms with Crippen LogP contribution < -0.4 is 4.31 Å². The molecule has 0 saturated heterocycles. The number of carbonyl (C=O) groups is 1. The lowest BCUT2D eigenvalue weighted by Crippen LogP contribution is -2.32. The van der Waals surface area contributed by atoms with E-state index in [0.29, 0.717) is 17.7 Å². The fraction of sp³-hybridized carbons (Fsp3) is 0.235. The van der Waals surface area contributed by atoms with Gasteiger partial charge in [0, 0.05) is 12.1 Å². The number of benzene rings is 2. The standard InChI is InChI=1S/C17H16BrNO3S/c1-12-6-8-13(9-7-12)23(21,22)19-11-10-15(18)17(20)14-4-2-3-5-16(14)19/h2-9,15H,10-11H2,1H3/t15-/m0/s1. The Kier molecular flexibility index (Phi) is 4.29. The Balaban J connectivity index is 2.13. The summed E-state index contributed by atoms with van der Waals surface area (Å²) in [6, 6.07) is 13.6. The average molecular weight is 394 g/mol. The highest BCUT2D eigenvalue weighted by Gasteiger charge is 2.33. The first kappa shape index (κ1) is 16.2. The third-order valence-corrected chi connectivity index (χ3v) is 6.62. The van der Waals surface area contributed by atoms with Crippen molar-refractivity contribution >= 4 is 37.4 Å². The van der Waals surface area contributed by atoms with Crippen molar-refractivity contribution in [3.05, 3.63) is 59.7 Å². The van der Waals surface area contributed by atoms with E-state index < -0.39 is 10.0 Å². The van der Waals surface area contributed by atoms with E-state index in [1.54, 1.807) is 48.5 Å². The van der Waals surface area contributed by atoms with Gasteiger partial charge in [-0.1, -0.05) is 45.8 Å². The van der Waals surface area contributed by atoms with E-state index >= 15 is 0 Å². The van der Waals surface area contributed by atoms with Crippen molar-refractivity contribution in [3.8, 4) is 0 Å². The minimum Gasteiger partial charge on any atom is -0.293 e. The molecule has 2 aromatic rings. The molecule has 0 saturated carbocycles. The van der Waals surface area contributed by atoms with Crippen LogP contribution in [0.2, 0.25) is 0 Å². The van der Waals surface area contributed by atoms with Crippen molar-refractivity contribution in [2.75, 3.05) is 10.8 Å². The number of fused-ring (bicyclic) bond motifs is 1. The van der Waals surface area contributed by atoms with Crippen LogP contribution in [0.15, 0.2) is 53.4 Å². The van der Waals surface area contributed by atoms with Crippen LogP contribution in [0, 0.1) is 6.92 Å². The molecule has 0 aromatic heterocycles. The molecular weight excluding hydrogens is 378 g/mol. The minimum atomic E-state index is -3.70. The van der Waals surface area contributed by atoms with Crippen LogP contribution in [0.5, 0.6) is 0 Å². The van der Waals surface area contributed by atoms with E-state index in [2.05, 4.69) is 15.9 Å². The normalized spacial score (nSPS) is 18.4. The number of aryl methyl sites for hydroxylation is 1. The maximum atomic E-state index is 13.0. The summed E-state index contributed by atoms with van der Waals surface area (Å²) in [5.74, 6) is -0.0813. The number of sulfonamides is 1. The zero-order valence-electron chi connectivity index (χ0n) is 12.6. The summed E-state index contributed by atoms with van der Waals surface area (Å²) >= 11 is 3.36. The van der Waals surface area contributed by atoms with Crippen molar-refractivity contribution < 1.29 is 13.2 Å². The quantitative estimate of drug-likeness (QED) is 0.733. The number of ketones is 1. The highest BCUT2D eigenvalue weighted by molar-refractivity contribution is 9.10. The molecule has 0 amide bonds. The van der Waals surface area contributed by atoms with Gasteiger partial charge in [0.25, 0.3) is 10.0 Å². The zero-order chi connectivity index (χ0) is 16.6. The first-order valence-corrected chi connectivity index (χ1v) is 9.63. The highest BCUT2D eigenvalue weighted by Crippen LogP contribution is 2.33. The summed E-state index contributed by atoms with van der Waals surface area (Å²) in [5, 5.41) is 0. The lowest BCUT2D eigenvalue weighted by molar-refractivity contribution is 0.0992. The molecule has 0 fully saturated rings. The Hall–Kier alpha value is -1.66. The van der Waals surface area contributed by atoms with E-state index in [9.17, 15) is 13.2 Å². The molecule has 1 aliphatic heterocycles. The van der Waals surface area contributed by atoms with Gasteiger partial charge in [-0.05, 0) is 37.6 Å². The molecular formula is C17H16BrNO3S. The summed E-state index contributed by atoms with van der Waals surface area (Å²) in [6.07, 6.45) is 0.429. The molecule has 0 N–H and O–H groups in total. The van der Waals surface area contributed by atoms with Gasteiger partial charge in [0.1, 0.15) is 0 Å². The molecule has 6 heteroatoms. The van der Waals surface area contributed by atoms with Crippen molar-refractivity contribution in [1.29, 1.82) is 0 Å². The molecule has 1 atom stereocenters. The van der Waals surface area contributed by atoms with Crippen LogP contribution in [0.1, 0.15) is 22.3 Å². The molecule has 0 bridgehead atoms. The Bertz CT molecular complexity index is 846. The molecule has 0 aliphatic carbocycles. The molecule has 3 rings (SSSR count). The molecule has 120 valence electrons. The fourth-order valence-electron chi connectivity index (χ4n) is 2.64. The van der Waals surface area contributed by atoms with E-state index in [4.69, 9.17) is 0 Å². The molecule has 23 heavy (non-hydrogen) atoms. The molecule has 0 unspecified atom stereocenters. The third-order valence-electron chi connectivity index (χ3n) is 3.92. The molecule has 1 aliphatic rings. The van der Waals surface area contributed by atoms with Gasteiger partial charge < -0.3 is 0 Å². The van der Waals surface area contributed by atoms with Gasteiger partial charge in [0.05, 0.1) is 15.4 Å². The van der Waals surface area contributed by atoms with Gasteiger partial charge in [-0.15, -0.1) is 0 Å². The average Bonchev–Trinajstić information content (AvgIpc) is 2.66. The van der Waals surface area contributed by atoms with Gasteiger partial charge in [0.15, 0.2) is 5.78 Å². The number of anilines is 1. The predicted octanol–water partition coefficient (Wildman–Crippen LogP) is 3.54. The second-order valence-electron chi connectivity index (χ2n) is 5.53. The second-order valence-corrected chi connectivity index (χ2v) is 8.50. The Morgan fingerprint density at radius 2 is 1.74 bits per heavy atom. The molecule has 4 nitrogen and oxygen atoms in total. The lowest BCUT2D eigenvalue weighted by atomic mass is 10.1. The van der Waals surface area contributed by atoms with Crippen LogP contribution in [-0.2, 0) is 10.0 Å². The topological polar surface area (TPSA) is 54.5 Å². The summed E-state index contributed by atoms with van der Waals surface area (Å²) in [7, 11) is -3.70. The van der Waals surface area contributed by atoms with Gasteiger partial charge in [-0.2, -0.15) is 0 Å². The van der Waals surface area contributed by atoms with Crippen LogP contribution in [0.4, 0.5) is 5.69 Å². The number of halogens is 1. The number of para-hydroxylation sites is 1. The van der Waals surface area contributed by atoms with Crippen molar-refractivity contribution in [2.45, 2.75) is 23.1 Å². The fourth-order valence-corrected chi connectivity index (χ4v) is 4.59. The number of hydrogen-bond donors (Lipinski definition) is 0. The van der Waals surface area contributed by atoms with Crippen molar-refractivity contribution in [3.63, 3.8) is 0 Å². The second kappa shape index (κ2) is 6.09. The van der Waals surface area contributed by atoms with Gasteiger partial charge in [-0.3, -0.25) is 9.10 Å². The van der Waals surface area contributed by atoms with Crippen molar-refractivity contribution in [2.24, 2.45) is 0 Å². The predicted molar refractivity (Wildman–Crippen MR) is 93.8 cm³/mol. The minimum absolute atomic E-state index is 0.0813. The smallest absolute Gasteiger partial charge is 0.264 e. The van der Waals surface area contributed by atoms with Crippen LogP contribution in [-0.4, -0.2) is 25.6 Å². The maximum Gasteiger partial charge on any atom is 0.264 e. The first-order chi connectivity index (χ1) is 10.9.